The largest absolute Gasteiger partial charge is 0.393 e. The van der Waals surface area contributed by atoms with Crippen molar-refractivity contribution < 1.29 is 9.84 Å². The lowest BCUT2D eigenvalue weighted by Crippen LogP contribution is -2.27. The fourth-order valence-electron chi connectivity index (χ4n) is 1.61. The number of aliphatic hydroxyl groups is 1. The third-order valence-corrected chi connectivity index (χ3v) is 2.64. The molecule has 1 aliphatic rings. The average molecular weight is 172 g/mol. The number of hydrogen-bond donors (Lipinski definition) is 1. The summed E-state index contributed by atoms with van der Waals surface area (Å²) in [6, 6.07) is 0. The molecule has 1 rings (SSSR count). The molecule has 72 valence electrons. The summed E-state index contributed by atoms with van der Waals surface area (Å²) >= 11 is 0. The Morgan fingerprint density at radius 2 is 1.92 bits per heavy atom. The van der Waals surface area contributed by atoms with E-state index in [0.717, 1.165) is 32.1 Å². The van der Waals surface area contributed by atoms with Gasteiger partial charge in [0.05, 0.1) is 18.3 Å². The lowest BCUT2D eigenvalue weighted by molar-refractivity contribution is -0.0415. The van der Waals surface area contributed by atoms with E-state index in [9.17, 15) is 5.11 Å². The zero-order valence-electron chi connectivity index (χ0n) is 8.12. The molecule has 1 N–H and O–H groups in total. The van der Waals surface area contributed by atoms with Crippen molar-refractivity contribution in [1.82, 2.24) is 0 Å². The Labute approximate surface area is 74.9 Å². The Kier molecular flexibility index (Phi) is 4.02. The molecule has 0 aromatic heterocycles. The molecule has 0 spiro atoms. The standard InChI is InChI=1S/C10H20O2/c1-3-8(2)12-10-6-4-9(11)5-7-10/h8-11H,3-7H2,1-2H3/t8?,9-,10+. The summed E-state index contributed by atoms with van der Waals surface area (Å²) in [5.74, 6) is 0. The van der Waals surface area contributed by atoms with Crippen LogP contribution in [0.25, 0.3) is 0 Å². The van der Waals surface area contributed by atoms with Crippen LogP contribution in [0.1, 0.15) is 46.0 Å². The molecule has 0 aromatic rings. The molecule has 0 saturated heterocycles. The molecule has 12 heavy (non-hydrogen) atoms. The van der Waals surface area contributed by atoms with Crippen LogP contribution in [0.3, 0.4) is 0 Å². The van der Waals surface area contributed by atoms with Crippen molar-refractivity contribution in [3.63, 3.8) is 0 Å². The molecule has 0 heterocycles. The van der Waals surface area contributed by atoms with Gasteiger partial charge in [0.1, 0.15) is 0 Å². The molecule has 2 nitrogen and oxygen atoms in total. The minimum Gasteiger partial charge on any atom is -0.393 e. The quantitative estimate of drug-likeness (QED) is 0.706. The first-order valence-electron chi connectivity index (χ1n) is 5.06. The normalized spacial score (nSPS) is 33.2. The summed E-state index contributed by atoms with van der Waals surface area (Å²) in [4.78, 5) is 0. The fourth-order valence-corrected chi connectivity index (χ4v) is 1.61. The van der Waals surface area contributed by atoms with Crippen molar-refractivity contribution in [3.8, 4) is 0 Å². The van der Waals surface area contributed by atoms with Crippen LogP contribution in [-0.2, 0) is 4.74 Å². The van der Waals surface area contributed by atoms with E-state index in [1.165, 1.54) is 0 Å². The fraction of sp³-hybridized carbons (Fsp3) is 1.00. The van der Waals surface area contributed by atoms with E-state index in [4.69, 9.17) is 4.74 Å². The van der Waals surface area contributed by atoms with E-state index in [1.54, 1.807) is 0 Å². The van der Waals surface area contributed by atoms with Crippen molar-refractivity contribution in [3.05, 3.63) is 0 Å². The van der Waals surface area contributed by atoms with E-state index < -0.39 is 0 Å². The minimum absolute atomic E-state index is 0.0678. The Morgan fingerprint density at radius 3 is 2.42 bits per heavy atom. The van der Waals surface area contributed by atoms with E-state index >= 15 is 0 Å². The van der Waals surface area contributed by atoms with Crippen LogP contribution >= 0.6 is 0 Å². The maximum atomic E-state index is 9.26. The monoisotopic (exact) mass is 172 g/mol. The zero-order valence-corrected chi connectivity index (χ0v) is 8.12. The van der Waals surface area contributed by atoms with Crippen molar-refractivity contribution >= 4 is 0 Å². The van der Waals surface area contributed by atoms with Crippen LogP contribution in [0.4, 0.5) is 0 Å². The molecule has 1 atom stereocenters. The predicted molar refractivity (Wildman–Crippen MR) is 49.1 cm³/mol. The van der Waals surface area contributed by atoms with Gasteiger partial charge in [-0.2, -0.15) is 0 Å². The van der Waals surface area contributed by atoms with Gasteiger partial charge < -0.3 is 9.84 Å². The number of ether oxygens (including phenoxy) is 1. The second-order valence-electron chi connectivity index (χ2n) is 3.79. The molecule has 0 bridgehead atoms. The van der Waals surface area contributed by atoms with Crippen molar-refractivity contribution in [1.29, 1.82) is 0 Å². The lowest BCUT2D eigenvalue weighted by Gasteiger charge is -2.27. The molecule has 1 saturated carbocycles. The van der Waals surface area contributed by atoms with Gasteiger partial charge in [0.15, 0.2) is 0 Å². The maximum Gasteiger partial charge on any atom is 0.0580 e. The first-order valence-corrected chi connectivity index (χ1v) is 5.06. The molecule has 0 aliphatic heterocycles. The van der Waals surface area contributed by atoms with Gasteiger partial charge in [-0.25, -0.2) is 0 Å². The third kappa shape index (κ3) is 3.11. The third-order valence-electron chi connectivity index (χ3n) is 2.64. The highest BCUT2D eigenvalue weighted by Gasteiger charge is 2.20. The topological polar surface area (TPSA) is 29.5 Å². The lowest BCUT2D eigenvalue weighted by atomic mass is 9.95. The SMILES string of the molecule is CCC(C)O[C@H]1CC[C@@H](O)CC1. The first kappa shape index (κ1) is 10.0. The van der Waals surface area contributed by atoms with E-state index in [2.05, 4.69) is 13.8 Å². The molecule has 0 aromatic carbocycles. The number of aliphatic hydroxyl groups excluding tert-OH is 1. The van der Waals surface area contributed by atoms with Gasteiger partial charge in [-0.1, -0.05) is 6.92 Å². The van der Waals surface area contributed by atoms with Gasteiger partial charge >= 0.3 is 0 Å². The predicted octanol–water partition coefficient (Wildman–Crippen LogP) is 2.10. The van der Waals surface area contributed by atoms with E-state index in [1.807, 2.05) is 0 Å². The molecule has 1 aliphatic carbocycles. The molecule has 1 unspecified atom stereocenters. The van der Waals surface area contributed by atoms with Crippen LogP contribution in [0.15, 0.2) is 0 Å². The molecule has 0 amide bonds. The Balaban J connectivity index is 2.17. The molecule has 0 radical (unpaired) electrons. The smallest absolute Gasteiger partial charge is 0.0580 e. The van der Waals surface area contributed by atoms with Crippen LogP contribution in [0.2, 0.25) is 0 Å². The van der Waals surface area contributed by atoms with Crippen LogP contribution < -0.4 is 0 Å². The van der Waals surface area contributed by atoms with Gasteiger partial charge in [0, 0.05) is 0 Å². The zero-order chi connectivity index (χ0) is 8.97. The second kappa shape index (κ2) is 4.83. The summed E-state index contributed by atoms with van der Waals surface area (Å²) in [5.41, 5.74) is 0. The van der Waals surface area contributed by atoms with Crippen LogP contribution in [0, 0.1) is 0 Å². The van der Waals surface area contributed by atoms with Gasteiger partial charge in [-0.05, 0) is 39.0 Å². The Hall–Kier alpha value is -0.0800. The molecule has 1 fully saturated rings. The summed E-state index contributed by atoms with van der Waals surface area (Å²) in [6.07, 6.45) is 5.70. The van der Waals surface area contributed by atoms with Crippen molar-refractivity contribution in [2.75, 3.05) is 0 Å². The molecular formula is C10H20O2. The van der Waals surface area contributed by atoms with Crippen molar-refractivity contribution in [2.45, 2.75) is 64.3 Å². The highest BCUT2D eigenvalue weighted by Crippen LogP contribution is 2.22. The average Bonchev–Trinajstić information content (AvgIpc) is 2.09. The van der Waals surface area contributed by atoms with E-state index in [-0.39, 0.29) is 6.10 Å². The summed E-state index contributed by atoms with van der Waals surface area (Å²) in [5, 5.41) is 9.26. The first-order chi connectivity index (χ1) is 5.72. The number of hydrogen-bond acceptors (Lipinski definition) is 2. The summed E-state index contributed by atoms with van der Waals surface area (Å²) in [7, 11) is 0. The van der Waals surface area contributed by atoms with Crippen molar-refractivity contribution in [2.24, 2.45) is 0 Å². The molecular weight excluding hydrogens is 152 g/mol. The van der Waals surface area contributed by atoms with E-state index in [0.29, 0.717) is 12.2 Å². The second-order valence-corrected chi connectivity index (χ2v) is 3.79. The van der Waals surface area contributed by atoms with Crippen LogP contribution in [0.5, 0.6) is 0 Å². The maximum absolute atomic E-state index is 9.26. The highest BCUT2D eigenvalue weighted by molar-refractivity contribution is 4.72. The molecule has 2 heteroatoms. The van der Waals surface area contributed by atoms with Gasteiger partial charge in [0.2, 0.25) is 0 Å². The Morgan fingerprint density at radius 1 is 1.33 bits per heavy atom. The minimum atomic E-state index is -0.0678. The van der Waals surface area contributed by atoms with Crippen LogP contribution in [-0.4, -0.2) is 23.4 Å². The highest BCUT2D eigenvalue weighted by atomic mass is 16.5. The number of rotatable bonds is 3. The Bertz CT molecular complexity index is 117. The van der Waals surface area contributed by atoms with Gasteiger partial charge in [-0.15, -0.1) is 0 Å². The van der Waals surface area contributed by atoms with Gasteiger partial charge in [-0.3, -0.25) is 0 Å². The summed E-state index contributed by atoms with van der Waals surface area (Å²) < 4.78 is 5.78. The van der Waals surface area contributed by atoms with Gasteiger partial charge in [0.25, 0.3) is 0 Å². The summed E-state index contributed by atoms with van der Waals surface area (Å²) in [6.45, 7) is 4.26.